The summed E-state index contributed by atoms with van der Waals surface area (Å²) >= 11 is 0. The van der Waals surface area contributed by atoms with Gasteiger partial charge < -0.3 is 10.0 Å². The van der Waals surface area contributed by atoms with E-state index < -0.39 is 35.3 Å². The van der Waals surface area contributed by atoms with Crippen LogP contribution in [0, 0.1) is 24.1 Å². The molecule has 1 N–H and O–H groups in total. The predicted molar refractivity (Wildman–Crippen MR) is 101 cm³/mol. The van der Waals surface area contributed by atoms with Gasteiger partial charge in [-0.3, -0.25) is 4.57 Å². The second kappa shape index (κ2) is 7.63. The fourth-order valence-electron chi connectivity index (χ4n) is 3.76. The maximum absolute atomic E-state index is 13.5. The summed E-state index contributed by atoms with van der Waals surface area (Å²) in [7, 11) is 0. The van der Waals surface area contributed by atoms with E-state index >= 15 is 0 Å². The lowest BCUT2D eigenvalue weighted by Crippen LogP contribution is -2.29. The highest BCUT2D eigenvalue weighted by Crippen LogP contribution is 2.41. The minimum absolute atomic E-state index is 0.0309. The molecule has 2 atom stereocenters. The third-order valence-electron chi connectivity index (χ3n) is 5.02. The first kappa shape index (κ1) is 20.7. The third-order valence-corrected chi connectivity index (χ3v) is 5.02. The van der Waals surface area contributed by atoms with Crippen molar-refractivity contribution in [3.05, 3.63) is 65.3 Å². The van der Waals surface area contributed by atoms with Gasteiger partial charge in [0.1, 0.15) is 34.9 Å². The monoisotopic (exact) mass is 432 g/mol. The second-order valence-electron chi connectivity index (χ2n) is 7.17. The maximum atomic E-state index is 13.5. The summed E-state index contributed by atoms with van der Waals surface area (Å²) in [4.78, 5) is 14.0. The molecule has 0 aliphatic carbocycles. The van der Waals surface area contributed by atoms with Gasteiger partial charge in [0.05, 0.1) is 23.9 Å². The van der Waals surface area contributed by atoms with Crippen LogP contribution in [-0.4, -0.2) is 37.3 Å². The number of aryl methyl sites for hydroxylation is 1. The minimum Gasteiger partial charge on any atom is -0.391 e. The Labute approximate surface area is 174 Å². The molecule has 1 aliphatic rings. The first-order valence-corrected chi connectivity index (χ1v) is 9.28. The van der Waals surface area contributed by atoms with E-state index in [1.165, 1.54) is 30.2 Å². The Bertz CT molecular complexity index is 1150. The van der Waals surface area contributed by atoms with Crippen molar-refractivity contribution in [1.29, 1.82) is 5.26 Å². The van der Waals surface area contributed by atoms with E-state index in [1.807, 2.05) is 0 Å². The number of anilines is 1. The highest BCUT2D eigenvalue weighted by atomic mass is 19.4. The Morgan fingerprint density at radius 2 is 2.03 bits per heavy atom. The molecule has 1 saturated heterocycles. The van der Waals surface area contributed by atoms with Crippen molar-refractivity contribution in [2.45, 2.75) is 31.7 Å². The average molecular weight is 432 g/mol. The Morgan fingerprint density at radius 3 is 2.68 bits per heavy atom. The van der Waals surface area contributed by atoms with Gasteiger partial charge in [0.25, 0.3) is 0 Å². The Morgan fingerprint density at radius 1 is 1.26 bits per heavy atom. The predicted octanol–water partition coefficient (Wildman–Crippen LogP) is 3.31. The lowest BCUT2D eigenvalue weighted by atomic mass is 10.1. The molecule has 4 heterocycles. The van der Waals surface area contributed by atoms with E-state index in [1.54, 1.807) is 16.8 Å². The molecule has 0 amide bonds. The fourth-order valence-corrected chi connectivity index (χ4v) is 3.76. The number of aromatic nitrogens is 4. The average Bonchev–Trinajstić information content (AvgIpc) is 3.33. The van der Waals surface area contributed by atoms with Crippen LogP contribution in [0.25, 0.3) is 5.82 Å². The number of nitrogens with zero attached hydrogens (tertiary/aromatic N) is 6. The summed E-state index contributed by atoms with van der Waals surface area (Å²) in [6, 6.07) is 4.42. The van der Waals surface area contributed by atoms with Crippen LogP contribution >= 0.6 is 0 Å². The molecule has 31 heavy (non-hydrogen) atoms. The van der Waals surface area contributed by atoms with E-state index in [4.69, 9.17) is 0 Å². The van der Waals surface area contributed by atoms with E-state index in [0.29, 0.717) is 11.6 Å². The number of nitriles is 1. The topological polar surface area (TPSA) is 90.9 Å². The number of pyridine rings is 2. The summed E-state index contributed by atoms with van der Waals surface area (Å²) in [5.74, 6) is 0.0314. The summed E-state index contributed by atoms with van der Waals surface area (Å²) in [6.07, 6.45) is -1.38. The zero-order chi connectivity index (χ0) is 22.3. The van der Waals surface area contributed by atoms with Gasteiger partial charge in [-0.15, -0.1) is 0 Å². The molecule has 0 aromatic carbocycles. The third kappa shape index (κ3) is 3.82. The molecule has 11 heteroatoms. The van der Waals surface area contributed by atoms with Gasteiger partial charge in [-0.1, -0.05) is 0 Å². The van der Waals surface area contributed by atoms with E-state index in [9.17, 15) is 27.9 Å². The van der Waals surface area contributed by atoms with Crippen LogP contribution in [0.3, 0.4) is 0 Å². The highest BCUT2D eigenvalue weighted by Gasteiger charge is 2.41. The van der Waals surface area contributed by atoms with Gasteiger partial charge >= 0.3 is 6.18 Å². The van der Waals surface area contributed by atoms with Crippen molar-refractivity contribution in [3.8, 4) is 11.9 Å². The number of imidazole rings is 1. The van der Waals surface area contributed by atoms with Gasteiger partial charge in [0, 0.05) is 31.1 Å². The largest absolute Gasteiger partial charge is 0.417 e. The standard InChI is InChI=1S/C20H16F4N6O/c1-11-6-15(20(22,23)24)14(8-25)18(28-11)30-10-13(31)7-16(30)19-26-4-5-29(19)17-3-2-12(21)9-27-17/h2-6,9,13,16,31H,7,10H2,1H3/t13-,16-/m0/s1. The molecule has 0 spiro atoms. The number of hydrogen-bond donors (Lipinski definition) is 1. The van der Waals surface area contributed by atoms with Gasteiger partial charge in [-0.05, 0) is 25.1 Å². The summed E-state index contributed by atoms with van der Waals surface area (Å²) in [5.41, 5.74) is -1.61. The van der Waals surface area contributed by atoms with E-state index in [0.717, 1.165) is 12.3 Å². The van der Waals surface area contributed by atoms with Crippen molar-refractivity contribution in [2.75, 3.05) is 11.4 Å². The Kier molecular flexibility index (Phi) is 5.10. The van der Waals surface area contributed by atoms with Crippen LogP contribution in [0.2, 0.25) is 0 Å². The molecule has 0 bridgehead atoms. The number of aliphatic hydroxyl groups excluding tert-OH is 1. The smallest absolute Gasteiger partial charge is 0.391 e. The minimum atomic E-state index is -4.74. The number of alkyl halides is 3. The van der Waals surface area contributed by atoms with Crippen molar-refractivity contribution in [1.82, 2.24) is 19.5 Å². The summed E-state index contributed by atoms with van der Waals surface area (Å²) in [5, 5.41) is 19.8. The molecular formula is C20H16F4N6O. The molecule has 0 unspecified atom stereocenters. The molecule has 7 nitrogen and oxygen atoms in total. The molecule has 0 radical (unpaired) electrons. The molecule has 1 fully saturated rings. The SMILES string of the molecule is Cc1cc(C(F)(F)F)c(C#N)c(N2C[C@@H](O)C[C@H]2c2nccn2-c2ccc(F)cn2)n1. The fraction of sp³-hybridized carbons (Fsp3) is 0.300. The van der Waals surface area contributed by atoms with Crippen molar-refractivity contribution < 1.29 is 22.7 Å². The molecule has 160 valence electrons. The van der Waals surface area contributed by atoms with Crippen LogP contribution in [0.1, 0.15) is 35.1 Å². The molecule has 1 aliphatic heterocycles. The zero-order valence-electron chi connectivity index (χ0n) is 16.2. The zero-order valence-corrected chi connectivity index (χ0v) is 16.2. The first-order valence-electron chi connectivity index (χ1n) is 9.28. The number of aliphatic hydroxyl groups is 1. The van der Waals surface area contributed by atoms with Gasteiger partial charge in [-0.2, -0.15) is 18.4 Å². The van der Waals surface area contributed by atoms with E-state index in [2.05, 4.69) is 15.0 Å². The number of rotatable bonds is 3. The van der Waals surface area contributed by atoms with Crippen LogP contribution in [-0.2, 0) is 6.18 Å². The summed E-state index contributed by atoms with van der Waals surface area (Å²) in [6.45, 7) is 1.38. The van der Waals surface area contributed by atoms with Gasteiger partial charge in [-0.25, -0.2) is 19.3 Å². The number of β-amino-alcohol motifs (C(OH)–C–C–N with tert-alkyl or cyclic N) is 1. The van der Waals surface area contributed by atoms with Gasteiger partial charge in [0.2, 0.25) is 0 Å². The quantitative estimate of drug-likeness (QED) is 0.639. The Hall–Kier alpha value is -3.52. The molecule has 3 aromatic heterocycles. The maximum Gasteiger partial charge on any atom is 0.417 e. The molecule has 0 saturated carbocycles. The van der Waals surface area contributed by atoms with Crippen LogP contribution < -0.4 is 4.90 Å². The molecule has 4 rings (SSSR count). The van der Waals surface area contributed by atoms with Crippen molar-refractivity contribution >= 4 is 5.82 Å². The second-order valence-corrected chi connectivity index (χ2v) is 7.17. The lowest BCUT2D eigenvalue weighted by Gasteiger charge is -2.27. The van der Waals surface area contributed by atoms with Crippen LogP contribution in [0.15, 0.2) is 36.8 Å². The van der Waals surface area contributed by atoms with E-state index in [-0.39, 0.29) is 24.5 Å². The van der Waals surface area contributed by atoms with Crippen LogP contribution in [0.5, 0.6) is 0 Å². The number of hydrogen-bond acceptors (Lipinski definition) is 6. The lowest BCUT2D eigenvalue weighted by molar-refractivity contribution is -0.137. The molecule has 3 aromatic rings. The van der Waals surface area contributed by atoms with Crippen molar-refractivity contribution in [3.63, 3.8) is 0 Å². The molecular weight excluding hydrogens is 416 g/mol. The van der Waals surface area contributed by atoms with Crippen molar-refractivity contribution in [2.24, 2.45) is 0 Å². The highest BCUT2D eigenvalue weighted by molar-refractivity contribution is 5.61. The normalized spacial score (nSPS) is 18.9. The van der Waals surface area contributed by atoms with Gasteiger partial charge in [0.15, 0.2) is 0 Å². The Balaban J connectivity index is 1.83. The first-order chi connectivity index (χ1) is 14.7. The van der Waals surface area contributed by atoms with Crippen LogP contribution in [0.4, 0.5) is 23.4 Å². The summed E-state index contributed by atoms with van der Waals surface area (Å²) < 4.78 is 55.5. The number of halogens is 4.